The number of carbonyl (C=O) groups is 1. The van der Waals surface area contributed by atoms with Crippen LogP contribution in [0.2, 0.25) is 0 Å². The van der Waals surface area contributed by atoms with Crippen molar-refractivity contribution in [1.29, 1.82) is 0 Å². The molecule has 0 aliphatic carbocycles. The molecule has 1 aromatic rings. The summed E-state index contributed by atoms with van der Waals surface area (Å²) in [7, 11) is 0. The van der Waals surface area contributed by atoms with Gasteiger partial charge in [0, 0.05) is 10.9 Å². The van der Waals surface area contributed by atoms with E-state index in [1.165, 1.54) is 17.8 Å². The van der Waals surface area contributed by atoms with E-state index in [-0.39, 0.29) is 23.5 Å². The maximum absolute atomic E-state index is 13.6. The normalized spacial score (nSPS) is 12.4. The molecule has 1 unspecified atom stereocenters. The van der Waals surface area contributed by atoms with Crippen molar-refractivity contribution in [2.45, 2.75) is 31.7 Å². The van der Waals surface area contributed by atoms with Crippen LogP contribution in [0.25, 0.3) is 0 Å². The smallest absolute Gasteiger partial charge is 0.227 e. The van der Waals surface area contributed by atoms with Gasteiger partial charge in [0.05, 0.1) is 5.75 Å². The van der Waals surface area contributed by atoms with Gasteiger partial charge < -0.3 is 11.1 Å². The van der Waals surface area contributed by atoms with Gasteiger partial charge in [-0.1, -0.05) is 6.92 Å². The van der Waals surface area contributed by atoms with Crippen LogP contribution in [-0.4, -0.2) is 18.2 Å². The molecular formula is C13H19FN2OS. The van der Waals surface area contributed by atoms with E-state index in [2.05, 4.69) is 5.32 Å². The first kappa shape index (κ1) is 15.0. The molecule has 5 heteroatoms. The quantitative estimate of drug-likeness (QED) is 0.780. The Balaban J connectivity index is 3.04. The van der Waals surface area contributed by atoms with Crippen molar-refractivity contribution < 1.29 is 9.18 Å². The van der Waals surface area contributed by atoms with E-state index in [4.69, 9.17) is 5.73 Å². The molecule has 0 aliphatic heterocycles. The van der Waals surface area contributed by atoms with Crippen molar-refractivity contribution in [3.05, 3.63) is 29.1 Å². The second-order valence-corrected chi connectivity index (χ2v) is 5.19. The zero-order valence-corrected chi connectivity index (χ0v) is 11.7. The third-order valence-corrected chi connectivity index (χ3v) is 3.73. The van der Waals surface area contributed by atoms with Crippen LogP contribution in [0.4, 0.5) is 4.39 Å². The van der Waals surface area contributed by atoms with E-state index >= 15 is 0 Å². The van der Waals surface area contributed by atoms with E-state index in [0.29, 0.717) is 5.56 Å². The summed E-state index contributed by atoms with van der Waals surface area (Å²) in [6.07, 6.45) is 0. The Morgan fingerprint density at radius 3 is 2.78 bits per heavy atom. The number of nitrogens with two attached hydrogens (primary N) is 1. The average Bonchev–Trinajstić information content (AvgIpc) is 2.30. The van der Waals surface area contributed by atoms with Crippen molar-refractivity contribution >= 4 is 17.7 Å². The fourth-order valence-corrected chi connectivity index (χ4v) is 2.66. The van der Waals surface area contributed by atoms with Crippen molar-refractivity contribution in [2.24, 2.45) is 5.73 Å². The highest BCUT2D eigenvalue weighted by atomic mass is 32.2. The number of aryl methyl sites for hydroxylation is 1. The third-order valence-electron chi connectivity index (χ3n) is 2.64. The lowest BCUT2D eigenvalue weighted by molar-refractivity contribution is -0.115. The maximum Gasteiger partial charge on any atom is 0.227 e. The first-order valence-electron chi connectivity index (χ1n) is 5.90. The van der Waals surface area contributed by atoms with Gasteiger partial charge in [0.2, 0.25) is 5.91 Å². The van der Waals surface area contributed by atoms with Crippen molar-refractivity contribution in [3.63, 3.8) is 0 Å². The number of nitrogens with one attached hydrogen (secondary N) is 1. The summed E-state index contributed by atoms with van der Waals surface area (Å²) in [5, 5.41) is 3.24. The number of benzene rings is 1. The van der Waals surface area contributed by atoms with Gasteiger partial charge in [-0.2, -0.15) is 0 Å². The highest BCUT2D eigenvalue weighted by Gasteiger charge is 2.14. The molecule has 0 spiro atoms. The molecule has 18 heavy (non-hydrogen) atoms. The summed E-state index contributed by atoms with van der Waals surface area (Å²) >= 11 is 1.35. The molecule has 3 nitrogen and oxygen atoms in total. The van der Waals surface area contributed by atoms with Gasteiger partial charge in [-0.05, 0) is 43.7 Å². The van der Waals surface area contributed by atoms with Gasteiger partial charge in [-0.15, -0.1) is 11.8 Å². The van der Waals surface area contributed by atoms with E-state index < -0.39 is 0 Å². The highest BCUT2D eigenvalue weighted by Crippen LogP contribution is 2.29. The molecule has 0 saturated carbocycles. The van der Waals surface area contributed by atoms with Crippen LogP contribution in [0.3, 0.4) is 0 Å². The summed E-state index contributed by atoms with van der Waals surface area (Å²) < 4.78 is 13.6. The molecule has 1 amide bonds. The summed E-state index contributed by atoms with van der Waals surface area (Å²) in [6.45, 7) is 6.49. The minimum atomic E-state index is -0.371. The Labute approximate surface area is 111 Å². The summed E-state index contributed by atoms with van der Waals surface area (Å²) in [6, 6.07) is 3.35. The molecule has 0 fully saturated rings. The first-order valence-corrected chi connectivity index (χ1v) is 6.88. The minimum absolute atomic E-state index is 0.0421. The SMILES string of the molecule is CCNC(C)c1cc(F)c(C)cc1SCC(N)=O. The number of primary amides is 1. The zero-order valence-electron chi connectivity index (χ0n) is 10.9. The number of hydrogen-bond acceptors (Lipinski definition) is 3. The van der Waals surface area contributed by atoms with Gasteiger partial charge >= 0.3 is 0 Å². The molecule has 0 aliphatic rings. The number of carbonyl (C=O) groups excluding carboxylic acids is 1. The molecule has 0 heterocycles. The molecule has 0 bridgehead atoms. The van der Waals surface area contributed by atoms with Crippen LogP contribution in [0, 0.1) is 12.7 Å². The second kappa shape index (κ2) is 6.75. The molecule has 0 saturated heterocycles. The Kier molecular flexibility index (Phi) is 5.62. The highest BCUT2D eigenvalue weighted by molar-refractivity contribution is 8.00. The number of hydrogen-bond donors (Lipinski definition) is 2. The third kappa shape index (κ3) is 3.99. The number of halogens is 1. The van der Waals surface area contributed by atoms with Crippen LogP contribution in [0.5, 0.6) is 0 Å². The molecule has 100 valence electrons. The summed E-state index contributed by atoms with van der Waals surface area (Å²) in [4.78, 5) is 11.7. The number of thioether (sulfide) groups is 1. The van der Waals surface area contributed by atoms with E-state index in [1.807, 2.05) is 13.8 Å². The van der Waals surface area contributed by atoms with Crippen molar-refractivity contribution in [1.82, 2.24) is 5.32 Å². The summed E-state index contributed by atoms with van der Waals surface area (Å²) in [5.74, 6) is -0.390. The van der Waals surface area contributed by atoms with Gasteiger partial charge in [0.25, 0.3) is 0 Å². The average molecular weight is 270 g/mol. The molecular weight excluding hydrogens is 251 g/mol. The Bertz CT molecular complexity index is 437. The lowest BCUT2D eigenvalue weighted by Crippen LogP contribution is -2.19. The second-order valence-electron chi connectivity index (χ2n) is 4.17. The van der Waals surface area contributed by atoms with Crippen LogP contribution < -0.4 is 11.1 Å². The fourth-order valence-electron chi connectivity index (χ4n) is 1.70. The monoisotopic (exact) mass is 270 g/mol. The lowest BCUT2D eigenvalue weighted by atomic mass is 10.1. The largest absolute Gasteiger partial charge is 0.369 e. The molecule has 1 atom stereocenters. The predicted molar refractivity (Wildman–Crippen MR) is 73.1 cm³/mol. The number of rotatable bonds is 6. The molecule has 1 aromatic carbocycles. The standard InChI is InChI=1S/C13H19FN2OS/c1-4-16-9(3)10-6-11(14)8(2)5-12(10)18-7-13(15)17/h5-6,9,16H,4,7H2,1-3H3,(H2,15,17). The Hall–Kier alpha value is -1.07. The minimum Gasteiger partial charge on any atom is -0.369 e. The molecule has 0 radical (unpaired) electrons. The molecule has 0 aromatic heterocycles. The topological polar surface area (TPSA) is 55.1 Å². The van der Waals surface area contributed by atoms with Crippen molar-refractivity contribution in [2.75, 3.05) is 12.3 Å². The van der Waals surface area contributed by atoms with E-state index in [9.17, 15) is 9.18 Å². The van der Waals surface area contributed by atoms with Crippen LogP contribution in [-0.2, 0) is 4.79 Å². The maximum atomic E-state index is 13.6. The first-order chi connectivity index (χ1) is 8.45. The predicted octanol–water partition coefficient (Wildman–Crippen LogP) is 2.38. The van der Waals surface area contributed by atoms with Crippen LogP contribution in [0.15, 0.2) is 17.0 Å². The number of amides is 1. The van der Waals surface area contributed by atoms with Gasteiger partial charge in [-0.3, -0.25) is 4.79 Å². The summed E-state index contributed by atoms with van der Waals surface area (Å²) in [5.41, 5.74) is 6.59. The lowest BCUT2D eigenvalue weighted by Gasteiger charge is -2.17. The zero-order chi connectivity index (χ0) is 13.7. The molecule has 1 rings (SSSR count). The Morgan fingerprint density at radius 2 is 2.22 bits per heavy atom. The van der Waals surface area contributed by atoms with E-state index in [1.54, 1.807) is 13.0 Å². The van der Waals surface area contributed by atoms with Crippen molar-refractivity contribution in [3.8, 4) is 0 Å². The van der Waals surface area contributed by atoms with Gasteiger partial charge in [0.15, 0.2) is 0 Å². The molecule has 3 N–H and O–H groups in total. The van der Waals surface area contributed by atoms with Crippen LogP contribution in [0.1, 0.15) is 31.0 Å². The van der Waals surface area contributed by atoms with Crippen LogP contribution >= 0.6 is 11.8 Å². The van der Waals surface area contributed by atoms with E-state index in [0.717, 1.165) is 17.0 Å². The fraction of sp³-hybridized carbons (Fsp3) is 0.462. The van der Waals surface area contributed by atoms with Gasteiger partial charge in [-0.25, -0.2) is 4.39 Å². The van der Waals surface area contributed by atoms with Gasteiger partial charge in [0.1, 0.15) is 5.82 Å². The Morgan fingerprint density at radius 1 is 1.56 bits per heavy atom.